The third kappa shape index (κ3) is 2.78. The molecule has 0 saturated heterocycles. The summed E-state index contributed by atoms with van der Waals surface area (Å²) in [7, 11) is 0. The number of nitrogens with one attached hydrogen (secondary N) is 1. The molecule has 1 aliphatic rings. The first-order valence-corrected chi connectivity index (χ1v) is 5.38. The van der Waals surface area contributed by atoms with Crippen LogP contribution in [0.25, 0.3) is 0 Å². The Morgan fingerprint density at radius 1 is 1.60 bits per heavy atom. The highest BCUT2D eigenvalue weighted by Gasteiger charge is 2.29. The largest absolute Gasteiger partial charge is 0.356 e. The fourth-order valence-corrected chi connectivity index (χ4v) is 1.30. The number of rotatable bonds is 5. The maximum absolute atomic E-state index is 11.0. The molecule has 5 nitrogen and oxygen atoms in total. The van der Waals surface area contributed by atoms with Crippen LogP contribution in [0.4, 0.5) is 0 Å². The standard InChI is InChI=1S/C10H15N3O2/c1-2-9(14)11-6-5-8-12-10(15-13-8)7-3-4-7/h7H,2-6H2,1H3,(H,11,14). The van der Waals surface area contributed by atoms with Crippen LogP contribution in [0.2, 0.25) is 0 Å². The van der Waals surface area contributed by atoms with Gasteiger partial charge in [-0.3, -0.25) is 4.79 Å². The molecule has 0 unspecified atom stereocenters. The van der Waals surface area contributed by atoms with Crippen molar-refractivity contribution in [3.63, 3.8) is 0 Å². The summed E-state index contributed by atoms with van der Waals surface area (Å²) >= 11 is 0. The molecule has 1 aromatic heterocycles. The summed E-state index contributed by atoms with van der Waals surface area (Å²) in [5.74, 6) is 2.00. The molecule has 1 aliphatic carbocycles. The SMILES string of the molecule is CCC(=O)NCCc1noc(C2CC2)n1. The van der Waals surface area contributed by atoms with Crippen LogP contribution in [-0.2, 0) is 11.2 Å². The van der Waals surface area contributed by atoms with Crippen molar-refractivity contribution in [2.45, 2.75) is 38.5 Å². The molecule has 15 heavy (non-hydrogen) atoms. The van der Waals surface area contributed by atoms with Gasteiger partial charge in [-0.2, -0.15) is 4.98 Å². The Morgan fingerprint density at radius 2 is 2.40 bits per heavy atom. The van der Waals surface area contributed by atoms with Gasteiger partial charge in [-0.25, -0.2) is 0 Å². The molecule has 0 spiro atoms. The number of amides is 1. The van der Waals surface area contributed by atoms with Crippen LogP contribution < -0.4 is 5.32 Å². The van der Waals surface area contributed by atoms with E-state index >= 15 is 0 Å². The minimum absolute atomic E-state index is 0.0564. The van der Waals surface area contributed by atoms with Crippen molar-refractivity contribution >= 4 is 5.91 Å². The zero-order valence-corrected chi connectivity index (χ0v) is 8.82. The van der Waals surface area contributed by atoms with Gasteiger partial charge >= 0.3 is 0 Å². The molecule has 0 radical (unpaired) electrons. The molecule has 0 atom stereocenters. The average Bonchev–Trinajstić information content (AvgIpc) is 2.99. The molecular weight excluding hydrogens is 194 g/mol. The normalized spacial score (nSPS) is 15.3. The Hall–Kier alpha value is -1.39. The lowest BCUT2D eigenvalue weighted by Crippen LogP contribution is -2.24. The summed E-state index contributed by atoms with van der Waals surface area (Å²) in [4.78, 5) is 15.2. The average molecular weight is 209 g/mol. The second-order valence-electron chi connectivity index (χ2n) is 3.78. The van der Waals surface area contributed by atoms with Gasteiger partial charge in [0, 0.05) is 25.3 Å². The van der Waals surface area contributed by atoms with E-state index in [2.05, 4.69) is 15.5 Å². The van der Waals surface area contributed by atoms with Gasteiger partial charge in [0.25, 0.3) is 0 Å². The van der Waals surface area contributed by atoms with Crippen molar-refractivity contribution in [2.24, 2.45) is 0 Å². The minimum Gasteiger partial charge on any atom is -0.356 e. The number of hydrogen-bond acceptors (Lipinski definition) is 4. The Bertz CT molecular complexity index is 344. The summed E-state index contributed by atoms with van der Waals surface area (Å²) < 4.78 is 5.10. The molecule has 2 rings (SSSR count). The number of aromatic nitrogens is 2. The zero-order valence-electron chi connectivity index (χ0n) is 8.82. The fourth-order valence-electron chi connectivity index (χ4n) is 1.30. The van der Waals surface area contributed by atoms with Gasteiger partial charge in [-0.15, -0.1) is 0 Å². The molecule has 1 fully saturated rings. The number of carbonyl (C=O) groups is 1. The summed E-state index contributed by atoms with van der Waals surface area (Å²) in [6.07, 6.45) is 3.48. The highest BCUT2D eigenvalue weighted by molar-refractivity contribution is 5.75. The highest BCUT2D eigenvalue weighted by Crippen LogP contribution is 2.38. The first-order valence-electron chi connectivity index (χ1n) is 5.38. The lowest BCUT2D eigenvalue weighted by atomic mass is 10.3. The summed E-state index contributed by atoms with van der Waals surface area (Å²) in [6.45, 7) is 2.41. The van der Waals surface area contributed by atoms with Gasteiger partial charge in [0.05, 0.1) is 0 Å². The first-order chi connectivity index (χ1) is 7.29. The fraction of sp³-hybridized carbons (Fsp3) is 0.700. The van der Waals surface area contributed by atoms with Gasteiger partial charge in [-0.05, 0) is 12.8 Å². The molecule has 5 heteroatoms. The van der Waals surface area contributed by atoms with Crippen LogP contribution in [0.1, 0.15) is 43.8 Å². The van der Waals surface area contributed by atoms with E-state index in [1.54, 1.807) is 0 Å². The number of carbonyl (C=O) groups excluding carboxylic acids is 1. The van der Waals surface area contributed by atoms with Crippen molar-refractivity contribution in [1.82, 2.24) is 15.5 Å². The Labute approximate surface area is 88.2 Å². The van der Waals surface area contributed by atoms with E-state index in [9.17, 15) is 4.79 Å². The number of hydrogen-bond donors (Lipinski definition) is 1. The first kappa shape index (κ1) is 10.1. The van der Waals surface area contributed by atoms with Crippen molar-refractivity contribution < 1.29 is 9.32 Å². The zero-order chi connectivity index (χ0) is 10.7. The van der Waals surface area contributed by atoms with Crippen molar-refractivity contribution in [3.8, 4) is 0 Å². The molecular formula is C10H15N3O2. The molecule has 0 aliphatic heterocycles. The predicted molar refractivity (Wildman–Crippen MR) is 53.3 cm³/mol. The van der Waals surface area contributed by atoms with Gasteiger partial charge in [-0.1, -0.05) is 12.1 Å². The smallest absolute Gasteiger partial charge is 0.229 e. The van der Waals surface area contributed by atoms with Crippen LogP contribution in [-0.4, -0.2) is 22.6 Å². The van der Waals surface area contributed by atoms with Gasteiger partial charge in [0.15, 0.2) is 5.82 Å². The lowest BCUT2D eigenvalue weighted by Gasteiger charge is -1.99. The van der Waals surface area contributed by atoms with E-state index in [1.807, 2.05) is 6.92 Å². The predicted octanol–water partition coefficient (Wildman–Crippen LogP) is 1.02. The second kappa shape index (κ2) is 4.42. The van der Waals surface area contributed by atoms with Crippen molar-refractivity contribution in [2.75, 3.05) is 6.54 Å². The Kier molecular flexibility index (Phi) is 2.99. The Balaban J connectivity index is 1.75. The molecule has 1 N–H and O–H groups in total. The highest BCUT2D eigenvalue weighted by atomic mass is 16.5. The van der Waals surface area contributed by atoms with Crippen molar-refractivity contribution in [1.29, 1.82) is 0 Å². The maximum Gasteiger partial charge on any atom is 0.229 e. The van der Waals surface area contributed by atoms with E-state index in [4.69, 9.17) is 4.52 Å². The maximum atomic E-state index is 11.0. The van der Waals surface area contributed by atoms with Crippen LogP contribution in [0.3, 0.4) is 0 Å². The third-order valence-corrected chi connectivity index (χ3v) is 2.40. The third-order valence-electron chi connectivity index (χ3n) is 2.40. The quantitative estimate of drug-likeness (QED) is 0.786. The number of nitrogens with zero attached hydrogens (tertiary/aromatic N) is 2. The monoisotopic (exact) mass is 209 g/mol. The van der Waals surface area contributed by atoms with Crippen LogP contribution in [0, 0.1) is 0 Å². The second-order valence-corrected chi connectivity index (χ2v) is 3.78. The van der Waals surface area contributed by atoms with Crippen LogP contribution in [0.15, 0.2) is 4.52 Å². The molecule has 1 aromatic rings. The minimum atomic E-state index is 0.0564. The van der Waals surface area contributed by atoms with E-state index in [1.165, 1.54) is 0 Å². The van der Waals surface area contributed by atoms with Crippen LogP contribution in [0.5, 0.6) is 0 Å². The summed E-state index contributed by atoms with van der Waals surface area (Å²) in [5.41, 5.74) is 0. The summed E-state index contributed by atoms with van der Waals surface area (Å²) in [6, 6.07) is 0. The molecule has 82 valence electrons. The lowest BCUT2D eigenvalue weighted by molar-refractivity contribution is -0.120. The van der Waals surface area contributed by atoms with Crippen LogP contribution >= 0.6 is 0 Å². The molecule has 0 bridgehead atoms. The Morgan fingerprint density at radius 3 is 3.07 bits per heavy atom. The van der Waals surface area contributed by atoms with Gasteiger partial charge in [0.1, 0.15) is 0 Å². The molecule has 0 aromatic carbocycles. The van der Waals surface area contributed by atoms with E-state index in [0.717, 1.165) is 18.7 Å². The topological polar surface area (TPSA) is 68.0 Å². The molecule has 1 saturated carbocycles. The molecule has 1 heterocycles. The van der Waals surface area contributed by atoms with Gasteiger partial charge in [0.2, 0.25) is 11.8 Å². The van der Waals surface area contributed by atoms with Gasteiger partial charge < -0.3 is 9.84 Å². The molecule has 1 amide bonds. The van der Waals surface area contributed by atoms with E-state index in [0.29, 0.717) is 31.1 Å². The van der Waals surface area contributed by atoms with Crippen molar-refractivity contribution in [3.05, 3.63) is 11.7 Å². The van der Waals surface area contributed by atoms with E-state index in [-0.39, 0.29) is 5.91 Å². The summed E-state index contributed by atoms with van der Waals surface area (Å²) in [5, 5.41) is 6.64. The van der Waals surface area contributed by atoms with E-state index < -0.39 is 0 Å².